The molecule has 1 fully saturated rings. The zero-order chi connectivity index (χ0) is 23.3. The highest BCUT2D eigenvalue weighted by molar-refractivity contribution is 6.35. The van der Waals surface area contributed by atoms with Crippen LogP contribution < -0.4 is 4.90 Å². The van der Waals surface area contributed by atoms with Crippen LogP contribution in [0.2, 0.25) is 5.02 Å². The van der Waals surface area contributed by atoms with E-state index in [0.29, 0.717) is 42.0 Å². The number of rotatable bonds is 3. The standard InChI is InChI=1S/C24H22ClFN6O/c1-4-19(33)31-7-8-32(14(3)11-31)24-15-9-17(25)21(22(26)23(15)27-12-28-24)20-13(2)5-6-18-16(20)10-29-30-18/h4-6,9-10,12,14H,1,7-8,11H2,2-3H3,(H,29,30)/t14-/m0/s1. The van der Waals surface area contributed by atoms with E-state index in [1.165, 1.54) is 12.4 Å². The number of hydrogen-bond acceptors (Lipinski definition) is 5. The lowest BCUT2D eigenvalue weighted by atomic mass is 9.95. The molecule has 1 aliphatic rings. The van der Waals surface area contributed by atoms with Gasteiger partial charge in [-0.3, -0.25) is 9.89 Å². The van der Waals surface area contributed by atoms with Crippen LogP contribution >= 0.6 is 11.6 Å². The van der Waals surface area contributed by atoms with Crippen LogP contribution in [0.3, 0.4) is 0 Å². The van der Waals surface area contributed by atoms with E-state index in [2.05, 4.69) is 31.6 Å². The number of amides is 1. The van der Waals surface area contributed by atoms with Gasteiger partial charge in [-0.05, 0) is 37.6 Å². The number of anilines is 1. The highest BCUT2D eigenvalue weighted by Gasteiger charge is 2.29. The number of aryl methyl sites for hydroxylation is 1. The maximum Gasteiger partial charge on any atom is 0.246 e. The average Bonchev–Trinajstić information content (AvgIpc) is 3.28. The third kappa shape index (κ3) is 3.41. The maximum absolute atomic E-state index is 16.0. The van der Waals surface area contributed by atoms with Gasteiger partial charge < -0.3 is 9.80 Å². The lowest BCUT2D eigenvalue weighted by Gasteiger charge is -2.40. The van der Waals surface area contributed by atoms with E-state index in [0.717, 1.165) is 16.5 Å². The SMILES string of the molecule is C=CC(=O)N1CCN(c2ncnc3c(F)c(-c4c(C)ccc5[nH]ncc45)c(Cl)cc23)[C@@H](C)C1. The minimum atomic E-state index is -0.494. The van der Waals surface area contributed by atoms with Gasteiger partial charge in [0.1, 0.15) is 17.7 Å². The Balaban J connectivity index is 1.64. The number of nitrogens with zero attached hydrogens (tertiary/aromatic N) is 5. The topological polar surface area (TPSA) is 78.0 Å². The number of H-pyrrole nitrogens is 1. The van der Waals surface area contributed by atoms with Crippen molar-refractivity contribution in [2.45, 2.75) is 19.9 Å². The molecule has 2 aromatic heterocycles. The molecule has 0 spiro atoms. The monoisotopic (exact) mass is 464 g/mol. The Labute approximate surface area is 194 Å². The lowest BCUT2D eigenvalue weighted by Crippen LogP contribution is -2.53. The first-order chi connectivity index (χ1) is 15.9. The fourth-order valence-electron chi connectivity index (χ4n) is 4.63. The summed E-state index contributed by atoms with van der Waals surface area (Å²) < 4.78 is 16.0. The first-order valence-electron chi connectivity index (χ1n) is 10.6. The predicted molar refractivity (Wildman–Crippen MR) is 128 cm³/mol. The molecule has 5 rings (SSSR count). The maximum atomic E-state index is 16.0. The number of carbonyl (C=O) groups excluding carboxylic acids is 1. The Morgan fingerprint density at radius 2 is 2.09 bits per heavy atom. The summed E-state index contributed by atoms with van der Waals surface area (Å²) >= 11 is 6.70. The van der Waals surface area contributed by atoms with Crippen LogP contribution in [0.4, 0.5) is 10.2 Å². The molecule has 0 radical (unpaired) electrons. The number of carbonyl (C=O) groups is 1. The first-order valence-corrected chi connectivity index (χ1v) is 11.0. The Kier molecular flexibility index (Phi) is 5.25. The average molecular weight is 465 g/mol. The van der Waals surface area contributed by atoms with Crippen LogP contribution in [0.25, 0.3) is 32.9 Å². The Hall–Kier alpha value is -3.52. The van der Waals surface area contributed by atoms with Crippen LogP contribution in [0.5, 0.6) is 0 Å². The highest BCUT2D eigenvalue weighted by atomic mass is 35.5. The number of piperazine rings is 1. The molecule has 0 unspecified atom stereocenters. The molecule has 0 saturated carbocycles. The number of benzene rings is 2. The van der Waals surface area contributed by atoms with Crippen molar-refractivity contribution < 1.29 is 9.18 Å². The van der Waals surface area contributed by atoms with Crippen LogP contribution in [-0.4, -0.2) is 56.6 Å². The van der Waals surface area contributed by atoms with Gasteiger partial charge in [0.2, 0.25) is 5.91 Å². The third-order valence-electron chi connectivity index (χ3n) is 6.27. The molecule has 33 heavy (non-hydrogen) atoms. The number of aromatic amines is 1. The van der Waals surface area contributed by atoms with Crippen molar-refractivity contribution in [1.82, 2.24) is 25.1 Å². The highest BCUT2D eigenvalue weighted by Crippen LogP contribution is 2.41. The first kappa shape index (κ1) is 21.3. The van der Waals surface area contributed by atoms with Gasteiger partial charge in [0.25, 0.3) is 0 Å². The van der Waals surface area contributed by atoms with Gasteiger partial charge in [0, 0.05) is 47.6 Å². The molecule has 1 aliphatic heterocycles. The lowest BCUT2D eigenvalue weighted by molar-refractivity contribution is -0.126. The number of hydrogen-bond donors (Lipinski definition) is 1. The number of halogens is 2. The summed E-state index contributed by atoms with van der Waals surface area (Å²) in [6.07, 6.45) is 4.37. The third-order valence-corrected chi connectivity index (χ3v) is 6.57. The van der Waals surface area contributed by atoms with Crippen LogP contribution in [-0.2, 0) is 4.79 Å². The molecular weight excluding hydrogens is 443 g/mol. The summed E-state index contributed by atoms with van der Waals surface area (Å²) in [6.45, 7) is 9.09. The van der Waals surface area contributed by atoms with Gasteiger partial charge in [0.15, 0.2) is 5.82 Å². The summed E-state index contributed by atoms with van der Waals surface area (Å²) in [7, 11) is 0. The van der Waals surface area contributed by atoms with Gasteiger partial charge in [-0.1, -0.05) is 24.2 Å². The van der Waals surface area contributed by atoms with E-state index >= 15 is 4.39 Å². The number of nitrogens with one attached hydrogen (secondary N) is 1. The summed E-state index contributed by atoms with van der Waals surface area (Å²) in [5.41, 5.74) is 2.88. The fourth-order valence-corrected chi connectivity index (χ4v) is 4.92. The van der Waals surface area contributed by atoms with Gasteiger partial charge in [-0.2, -0.15) is 5.10 Å². The Morgan fingerprint density at radius 3 is 2.85 bits per heavy atom. The van der Waals surface area contributed by atoms with E-state index in [9.17, 15) is 4.79 Å². The van der Waals surface area contributed by atoms with Crippen molar-refractivity contribution in [2.75, 3.05) is 24.5 Å². The van der Waals surface area contributed by atoms with Crippen LogP contribution in [0.15, 0.2) is 43.4 Å². The van der Waals surface area contributed by atoms with Crippen molar-refractivity contribution in [3.8, 4) is 11.1 Å². The quantitative estimate of drug-likeness (QED) is 0.452. The van der Waals surface area contributed by atoms with E-state index in [4.69, 9.17) is 11.6 Å². The van der Waals surface area contributed by atoms with Crippen molar-refractivity contribution in [3.05, 3.63) is 59.8 Å². The van der Waals surface area contributed by atoms with E-state index < -0.39 is 5.82 Å². The van der Waals surface area contributed by atoms with E-state index in [1.807, 2.05) is 26.0 Å². The molecule has 2 aromatic carbocycles. The summed E-state index contributed by atoms with van der Waals surface area (Å²) in [6, 6.07) is 5.53. The van der Waals surface area contributed by atoms with Gasteiger partial charge >= 0.3 is 0 Å². The van der Waals surface area contributed by atoms with Crippen molar-refractivity contribution in [2.24, 2.45) is 0 Å². The smallest absolute Gasteiger partial charge is 0.246 e. The molecule has 3 heterocycles. The molecular formula is C24H22ClFN6O. The zero-order valence-corrected chi connectivity index (χ0v) is 19.0. The number of fused-ring (bicyclic) bond motifs is 2. The molecule has 1 atom stereocenters. The van der Waals surface area contributed by atoms with Gasteiger partial charge in [0.05, 0.1) is 16.7 Å². The largest absolute Gasteiger partial charge is 0.350 e. The van der Waals surface area contributed by atoms with Crippen molar-refractivity contribution in [3.63, 3.8) is 0 Å². The molecule has 0 aliphatic carbocycles. The predicted octanol–water partition coefficient (Wildman–Crippen LogP) is 4.50. The van der Waals surface area contributed by atoms with E-state index in [1.54, 1.807) is 17.2 Å². The second-order valence-corrected chi connectivity index (χ2v) is 8.67. The molecule has 1 saturated heterocycles. The Morgan fingerprint density at radius 1 is 1.27 bits per heavy atom. The number of aromatic nitrogens is 4. The zero-order valence-electron chi connectivity index (χ0n) is 18.3. The molecule has 4 aromatic rings. The molecule has 168 valence electrons. The van der Waals surface area contributed by atoms with Gasteiger partial charge in [-0.25, -0.2) is 14.4 Å². The van der Waals surface area contributed by atoms with Crippen LogP contribution in [0, 0.1) is 12.7 Å². The van der Waals surface area contributed by atoms with Crippen molar-refractivity contribution >= 4 is 45.1 Å². The second-order valence-electron chi connectivity index (χ2n) is 8.26. The molecule has 1 amide bonds. The molecule has 1 N–H and O–H groups in total. The molecule has 7 nitrogen and oxygen atoms in total. The van der Waals surface area contributed by atoms with Crippen molar-refractivity contribution in [1.29, 1.82) is 0 Å². The summed E-state index contributed by atoms with van der Waals surface area (Å²) in [5.74, 6) is 0.00596. The van der Waals surface area contributed by atoms with Gasteiger partial charge in [-0.15, -0.1) is 0 Å². The summed E-state index contributed by atoms with van der Waals surface area (Å²) in [4.78, 5) is 24.6. The fraction of sp³-hybridized carbons (Fsp3) is 0.250. The second kappa shape index (κ2) is 8.12. The minimum Gasteiger partial charge on any atom is -0.350 e. The van der Waals surface area contributed by atoms with E-state index in [-0.39, 0.29) is 22.5 Å². The molecule has 9 heteroatoms. The molecule has 0 bridgehead atoms. The van der Waals surface area contributed by atoms with Crippen LogP contribution in [0.1, 0.15) is 12.5 Å². The summed E-state index contributed by atoms with van der Waals surface area (Å²) in [5, 5.41) is 8.63. The normalized spacial score (nSPS) is 16.5. The Bertz CT molecular complexity index is 1420. The minimum absolute atomic E-state index is 0.0239.